The van der Waals surface area contributed by atoms with E-state index in [9.17, 15) is 27.1 Å². The Morgan fingerprint density at radius 3 is 2.22 bits per heavy atom. The first-order chi connectivity index (χ1) is 12.7. The Bertz CT molecular complexity index is 1100. The van der Waals surface area contributed by atoms with Crippen LogP contribution >= 0.6 is 0 Å². The standard InChI is InChI=1S/C17H12F2N2O5S/c1-27(24,25)10-7-5-9(6-8-10)20-16-14(17(22)23)21-15(26-16)13-11(18)3-2-4-12(13)19/h2-8,20H,1H3,(H,22,23). The fraction of sp³-hybridized carbons (Fsp3) is 0.0588. The number of hydrogen-bond acceptors (Lipinski definition) is 6. The average molecular weight is 394 g/mol. The highest BCUT2D eigenvalue weighted by Gasteiger charge is 2.24. The molecule has 0 aliphatic heterocycles. The van der Waals surface area contributed by atoms with Gasteiger partial charge in [-0.3, -0.25) is 0 Å². The van der Waals surface area contributed by atoms with E-state index in [-0.39, 0.29) is 10.8 Å². The molecule has 0 spiro atoms. The number of hydrogen-bond donors (Lipinski definition) is 2. The summed E-state index contributed by atoms with van der Waals surface area (Å²) in [5.41, 5.74) is -0.887. The molecule has 0 aliphatic rings. The quantitative estimate of drug-likeness (QED) is 0.682. The van der Waals surface area contributed by atoms with Gasteiger partial charge in [-0.2, -0.15) is 4.98 Å². The monoisotopic (exact) mass is 394 g/mol. The number of nitrogens with one attached hydrogen (secondary N) is 1. The van der Waals surface area contributed by atoms with Crippen molar-refractivity contribution in [2.75, 3.05) is 11.6 Å². The molecule has 0 radical (unpaired) electrons. The highest BCUT2D eigenvalue weighted by Crippen LogP contribution is 2.31. The number of aromatic carboxylic acids is 1. The van der Waals surface area contributed by atoms with E-state index < -0.39 is 44.6 Å². The highest BCUT2D eigenvalue weighted by molar-refractivity contribution is 7.90. The van der Waals surface area contributed by atoms with E-state index in [1.54, 1.807) is 0 Å². The molecule has 0 fully saturated rings. The van der Waals surface area contributed by atoms with Crippen molar-refractivity contribution in [2.45, 2.75) is 4.90 Å². The Balaban J connectivity index is 2.01. The van der Waals surface area contributed by atoms with Gasteiger partial charge >= 0.3 is 5.97 Å². The lowest BCUT2D eigenvalue weighted by molar-refractivity contribution is 0.0692. The van der Waals surface area contributed by atoms with Crippen molar-refractivity contribution in [3.8, 4) is 11.5 Å². The second kappa shape index (κ2) is 6.80. The predicted molar refractivity (Wildman–Crippen MR) is 91.6 cm³/mol. The van der Waals surface area contributed by atoms with Crippen molar-refractivity contribution in [1.82, 2.24) is 4.98 Å². The molecule has 0 unspecified atom stereocenters. The number of oxazole rings is 1. The molecule has 0 aliphatic carbocycles. The fourth-order valence-electron chi connectivity index (χ4n) is 2.28. The molecule has 1 heterocycles. The van der Waals surface area contributed by atoms with Gasteiger partial charge < -0.3 is 14.8 Å². The normalized spacial score (nSPS) is 11.4. The Morgan fingerprint density at radius 1 is 1.11 bits per heavy atom. The van der Waals surface area contributed by atoms with Crippen LogP contribution in [0.25, 0.3) is 11.5 Å². The summed E-state index contributed by atoms with van der Waals surface area (Å²) in [5, 5.41) is 11.9. The van der Waals surface area contributed by atoms with Gasteiger partial charge in [0.15, 0.2) is 9.84 Å². The summed E-state index contributed by atoms with van der Waals surface area (Å²) < 4.78 is 56.0. The number of carboxylic acids is 1. The summed E-state index contributed by atoms with van der Waals surface area (Å²) in [5.74, 6) is -4.29. The molecule has 2 N–H and O–H groups in total. The van der Waals surface area contributed by atoms with Gasteiger partial charge in [0.05, 0.1) is 4.90 Å². The molecular weight excluding hydrogens is 382 g/mol. The van der Waals surface area contributed by atoms with Gasteiger partial charge in [-0.1, -0.05) is 6.07 Å². The Hall–Kier alpha value is -3.27. The maximum Gasteiger partial charge on any atom is 0.360 e. The van der Waals surface area contributed by atoms with Crippen molar-refractivity contribution in [3.05, 3.63) is 59.8 Å². The molecule has 1 aromatic heterocycles. The number of nitrogens with zero attached hydrogens (tertiary/aromatic N) is 1. The van der Waals surface area contributed by atoms with E-state index >= 15 is 0 Å². The number of sulfone groups is 1. The van der Waals surface area contributed by atoms with Crippen molar-refractivity contribution in [3.63, 3.8) is 0 Å². The van der Waals surface area contributed by atoms with Gasteiger partial charge in [0.25, 0.3) is 0 Å². The van der Waals surface area contributed by atoms with Gasteiger partial charge in [0.2, 0.25) is 17.5 Å². The minimum atomic E-state index is -3.40. The number of carboxylic acid groups (broad SMARTS) is 1. The molecule has 10 heteroatoms. The van der Waals surface area contributed by atoms with E-state index in [1.165, 1.54) is 24.3 Å². The zero-order valence-electron chi connectivity index (χ0n) is 13.7. The molecule has 2 aromatic carbocycles. The number of carbonyl (C=O) groups is 1. The number of rotatable bonds is 5. The van der Waals surface area contributed by atoms with Crippen LogP contribution in [0.2, 0.25) is 0 Å². The third kappa shape index (κ3) is 3.80. The van der Waals surface area contributed by atoms with Gasteiger partial charge in [0.1, 0.15) is 17.2 Å². The zero-order chi connectivity index (χ0) is 19.8. The second-order valence-electron chi connectivity index (χ2n) is 5.52. The third-order valence-corrected chi connectivity index (χ3v) is 4.68. The third-order valence-electron chi connectivity index (χ3n) is 3.55. The molecule has 0 saturated carbocycles. The summed E-state index contributed by atoms with van der Waals surface area (Å²) >= 11 is 0. The molecule has 7 nitrogen and oxygen atoms in total. The van der Waals surface area contributed by atoms with Crippen LogP contribution in [0.1, 0.15) is 10.5 Å². The van der Waals surface area contributed by atoms with Crippen molar-refractivity contribution >= 4 is 27.4 Å². The van der Waals surface area contributed by atoms with Crippen molar-refractivity contribution in [2.24, 2.45) is 0 Å². The first-order valence-corrected chi connectivity index (χ1v) is 9.31. The minimum Gasteiger partial charge on any atom is -0.476 e. The van der Waals surface area contributed by atoms with Gasteiger partial charge in [-0.25, -0.2) is 22.0 Å². The molecule has 3 aromatic rings. The first-order valence-electron chi connectivity index (χ1n) is 7.42. The van der Waals surface area contributed by atoms with E-state index in [2.05, 4.69) is 10.3 Å². The molecule has 27 heavy (non-hydrogen) atoms. The van der Waals surface area contributed by atoms with Crippen LogP contribution in [0.3, 0.4) is 0 Å². The molecular formula is C17H12F2N2O5S. The van der Waals surface area contributed by atoms with Crippen LogP contribution in [-0.4, -0.2) is 30.7 Å². The van der Waals surface area contributed by atoms with E-state index in [0.29, 0.717) is 5.69 Å². The topological polar surface area (TPSA) is 110 Å². The second-order valence-corrected chi connectivity index (χ2v) is 7.54. The Kier molecular flexibility index (Phi) is 4.66. The van der Waals surface area contributed by atoms with Crippen LogP contribution in [-0.2, 0) is 9.84 Å². The van der Waals surface area contributed by atoms with Gasteiger partial charge in [0, 0.05) is 11.9 Å². The molecule has 0 saturated heterocycles. The highest BCUT2D eigenvalue weighted by atomic mass is 32.2. The molecule has 0 bridgehead atoms. The summed E-state index contributed by atoms with van der Waals surface area (Å²) in [7, 11) is -3.40. The lowest BCUT2D eigenvalue weighted by atomic mass is 10.2. The number of benzene rings is 2. The minimum absolute atomic E-state index is 0.0678. The van der Waals surface area contributed by atoms with Crippen LogP contribution < -0.4 is 5.32 Å². The van der Waals surface area contributed by atoms with E-state index in [0.717, 1.165) is 24.5 Å². The predicted octanol–water partition coefficient (Wildman–Crippen LogP) is 3.47. The Morgan fingerprint density at radius 2 is 1.70 bits per heavy atom. The number of halogens is 2. The van der Waals surface area contributed by atoms with Crippen LogP contribution in [0, 0.1) is 11.6 Å². The maximum atomic E-state index is 13.9. The SMILES string of the molecule is CS(=O)(=O)c1ccc(Nc2oc(-c3c(F)cccc3F)nc2C(=O)O)cc1. The van der Waals surface area contributed by atoms with Crippen molar-refractivity contribution < 1.29 is 31.5 Å². The number of anilines is 2. The Labute approximate surface area is 152 Å². The van der Waals surface area contributed by atoms with Crippen molar-refractivity contribution in [1.29, 1.82) is 0 Å². The maximum absolute atomic E-state index is 13.9. The van der Waals surface area contributed by atoms with Crippen LogP contribution in [0.15, 0.2) is 51.8 Å². The lowest BCUT2D eigenvalue weighted by Gasteiger charge is -2.05. The van der Waals surface area contributed by atoms with Gasteiger partial charge in [-0.15, -0.1) is 0 Å². The number of aromatic nitrogens is 1. The molecule has 3 rings (SSSR count). The zero-order valence-corrected chi connectivity index (χ0v) is 14.5. The van der Waals surface area contributed by atoms with Crippen LogP contribution in [0.5, 0.6) is 0 Å². The molecule has 0 atom stereocenters. The molecule has 140 valence electrons. The summed E-state index contributed by atoms with van der Waals surface area (Å²) in [6.07, 6.45) is 1.05. The fourth-order valence-corrected chi connectivity index (χ4v) is 2.91. The van der Waals surface area contributed by atoms with Gasteiger partial charge in [-0.05, 0) is 36.4 Å². The first kappa shape index (κ1) is 18.5. The van der Waals surface area contributed by atoms with Crippen LogP contribution in [0.4, 0.5) is 20.4 Å². The average Bonchev–Trinajstić information content (AvgIpc) is 2.98. The smallest absolute Gasteiger partial charge is 0.360 e. The van der Waals surface area contributed by atoms with E-state index in [4.69, 9.17) is 4.42 Å². The lowest BCUT2D eigenvalue weighted by Crippen LogP contribution is -2.02. The van der Waals surface area contributed by atoms with E-state index in [1.807, 2.05) is 0 Å². The summed E-state index contributed by atoms with van der Waals surface area (Å²) in [4.78, 5) is 15.1. The largest absolute Gasteiger partial charge is 0.476 e. The summed E-state index contributed by atoms with van der Waals surface area (Å²) in [6, 6.07) is 8.51. The molecule has 0 amide bonds. The summed E-state index contributed by atoms with van der Waals surface area (Å²) in [6.45, 7) is 0.